The second kappa shape index (κ2) is 7.10. The first kappa shape index (κ1) is 16.0. The zero-order valence-corrected chi connectivity index (χ0v) is 14.4. The highest BCUT2D eigenvalue weighted by Crippen LogP contribution is 2.21. The van der Waals surface area contributed by atoms with Gasteiger partial charge in [0, 0.05) is 9.35 Å². The molecule has 0 radical (unpaired) electrons. The van der Waals surface area contributed by atoms with E-state index in [9.17, 15) is 9.18 Å². The van der Waals surface area contributed by atoms with Crippen LogP contribution in [0.2, 0.25) is 0 Å². The zero-order valence-electron chi connectivity index (χ0n) is 12.0. The maximum atomic E-state index is 14.1. The van der Waals surface area contributed by atoms with Crippen LogP contribution in [-0.4, -0.2) is 10.8 Å². The van der Waals surface area contributed by atoms with Crippen LogP contribution in [0.3, 0.4) is 0 Å². The van der Waals surface area contributed by atoms with Crippen LogP contribution < -0.4 is 0 Å². The Morgan fingerprint density at radius 2 is 2.09 bits per heavy atom. The number of hydrogen-bond acceptors (Lipinski definition) is 3. The fourth-order valence-electron chi connectivity index (χ4n) is 2.21. The van der Waals surface area contributed by atoms with Gasteiger partial charge in [0.2, 0.25) is 0 Å². The quantitative estimate of drug-likeness (QED) is 0.604. The summed E-state index contributed by atoms with van der Waals surface area (Å²) < 4.78 is 20.0. The second-order valence-corrected chi connectivity index (χ2v) is 6.89. The van der Waals surface area contributed by atoms with Crippen molar-refractivity contribution in [3.63, 3.8) is 0 Å². The molecule has 2 aromatic heterocycles. The second-order valence-electron chi connectivity index (χ2n) is 4.94. The Kier molecular flexibility index (Phi) is 4.93. The number of halogens is 2. The molecule has 0 saturated carbocycles. The van der Waals surface area contributed by atoms with Crippen molar-refractivity contribution in [2.75, 3.05) is 0 Å². The van der Waals surface area contributed by atoms with Crippen LogP contribution in [0.5, 0.6) is 0 Å². The molecule has 3 aromatic rings. The summed E-state index contributed by atoms with van der Waals surface area (Å²) in [6.07, 6.45) is 1.56. The molecule has 0 saturated heterocycles. The molecule has 0 atom stereocenters. The lowest BCUT2D eigenvalue weighted by molar-refractivity contribution is 0.0714. The Morgan fingerprint density at radius 1 is 1.22 bits per heavy atom. The SMILES string of the molecule is O=C(c1ccc(Br)cc1F)N(Cc1ccco1)Cc1cccs1. The number of carbonyl (C=O) groups excluding carboxylic acids is 1. The normalized spacial score (nSPS) is 10.7. The molecule has 118 valence electrons. The van der Waals surface area contributed by atoms with E-state index in [1.165, 1.54) is 12.1 Å². The van der Waals surface area contributed by atoms with E-state index in [2.05, 4.69) is 15.9 Å². The summed E-state index contributed by atoms with van der Waals surface area (Å²) in [4.78, 5) is 15.4. The molecule has 1 amide bonds. The van der Waals surface area contributed by atoms with Gasteiger partial charge in [-0.2, -0.15) is 0 Å². The van der Waals surface area contributed by atoms with E-state index in [1.54, 1.807) is 40.7 Å². The smallest absolute Gasteiger partial charge is 0.257 e. The van der Waals surface area contributed by atoms with Crippen molar-refractivity contribution in [2.24, 2.45) is 0 Å². The number of rotatable bonds is 5. The lowest BCUT2D eigenvalue weighted by atomic mass is 10.1. The van der Waals surface area contributed by atoms with E-state index in [4.69, 9.17) is 4.42 Å². The molecular formula is C17H13BrFNO2S. The van der Waals surface area contributed by atoms with E-state index in [1.807, 2.05) is 17.5 Å². The summed E-state index contributed by atoms with van der Waals surface area (Å²) in [6, 6.07) is 11.9. The van der Waals surface area contributed by atoms with E-state index in [0.29, 0.717) is 23.3 Å². The predicted octanol–water partition coefficient (Wildman–Crippen LogP) is 5.09. The van der Waals surface area contributed by atoms with Gasteiger partial charge in [-0.3, -0.25) is 4.79 Å². The van der Waals surface area contributed by atoms with Crippen LogP contribution in [0, 0.1) is 5.82 Å². The molecule has 23 heavy (non-hydrogen) atoms. The van der Waals surface area contributed by atoms with E-state index in [0.717, 1.165) is 4.88 Å². The molecule has 0 aliphatic carbocycles. The van der Waals surface area contributed by atoms with Gasteiger partial charge < -0.3 is 9.32 Å². The van der Waals surface area contributed by atoms with Gasteiger partial charge in [0.15, 0.2) is 0 Å². The van der Waals surface area contributed by atoms with Crippen molar-refractivity contribution in [1.29, 1.82) is 0 Å². The molecule has 0 aliphatic heterocycles. The summed E-state index contributed by atoms with van der Waals surface area (Å²) in [5.74, 6) is -0.243. The van der Waals surface area contributed by atoms with Crippen LogP contribution in [0.25, 0.3) is 0 Å². The highest BCUT2D eigenvalue weighted by atomic mass is 79.9. The van der Waals surface area contributed by atoms with Gasteiger partial charge in [-0.15, -0.1) is 11.3 Å². The Hall–Kier alpha value is -1.92. The molecule has 0 spiro atoms. The standard InChI is InChI=1S/C17H13BrFNO2S/c18-12-5-6-15(16(19)9-12)17(21)20(10-13-3-1-7-22-13)11-14-4-2-8-23-14/h1-9H,10-11H2. The van der Waals surface area contributed by atoms with Gasteiger partial charge in [-0.05, 0) is 41.8 Å². The van der Waals surface area contributed by atoms with Gasteiger partial charge in [0.25, 0.3) is 5.91 Å². The first-order valence-corrected chi connectivity index (χ1v) is 8.60. The highest BCUT2D eigenvalue weighted by Gasteiger charge is 2.21. The maximum Gasteiger partial charge on any atom is 0.257 e. The van der Waals surface area contributed by atoms with Crippen LogP contribution >= 0.6 is 27.3 Å². The molecular weight excluding hydrogens is 381 g/mol. The summed E-state index contributed by atoms with van der Waals surface area (Å²) in [5, 5.41) is 1.95. The third-order valence-corrected chi connectivity index (χ3v) is 4.66. The molecule has 3 nitrogen and oxygen atoms in total. The Morgan fingerprint density at radius 3 is 2.74 bits per heavy atom. The van der Waals surface area contributed by atoms with Gasteiger partial charge in [0.05, 0.1) is 24.9 Å². The van der Waals surface area contributed by atoms with Gasteiger partial charge in [-0.1, -0.05) is 22.0 Å². The van der Waals surface area contributed by atoms with Crippen molar-refractivity contribution in [3.8, 4) is 0 Å². The fourth-order valence-corrected chi connectivity index (χ4v) is 3.27. The number of furan rings is 1. The minimum atomic E-state index is -0.542. The van der Waals surface area contributed by atoms with Gasteiger partial charge in [0.1, 0.15) is 11.6 Å². The largest absolute Gasteiger partial charge is 0.467 e. The van der Waals surface area contributed by atoms with Crippen LogP contribution in [0.4, 0.5) is 4.39 Å². The minimum absolute atomic E-state index is 0.0521. The van der Waals surface area contributed by atoms with Gasteiger partial charge in [-0.25, -0.2) is 4.39 Å². The Labute approximate surface area is 145 Å². The predicted molar refractivity (Wildman–Crippen MR) is 90.7 cm³/mol. The molecule has 1 aromatic carbocycles. The molecule has 0 fully saturated rings. The van der Waals surface area contributed by atoms with Crippen molar-refractivity contribution in [1.82, 2.24) is 4.90 Å². The molecule has 6 heteroatoms. The number of benzene rings is 1. The van der Waals surface area contributed by atoms with Crippen molar-refractivity contribution in [2.45, 2.75) is 13.1 Å². The third kappa shape index (κ3) is 3.89. The number of thiophene rings is 1. The molecule has 0 unspecified atom stereocenters. The maximum absolute atomic E-state index is 14.1. The number of hydrogen-bond donors (Lipinski definition) is 0. The average molecular weight is 394 g/mol. The van der Waals surface area contributed by atoms with Crippen LogP contribution in [0.1, 0.15) is 21.0 Å². The van der Waals surface area contributed by atoms with Gasteiger partial charge >= 0.3 is 0 Å². The lowest BCUT2D eigenvalue weighted by Crippen LogP contribution is -2.30. The summed E-state index contributed by atoms with van der Waals surface area (Å²) in [7, 11) is 0. The minimum Gasteiger partial charge on any atom is -0.467 e. The first-order valence-electron chi connectivity index (χ1n) is 6.92. The third-order valence-electron chi connectivity index (χ3n) is 3.30. The Bertz CT molecular complexity index is 751. The van der Waals surface area contributed by atoms with E-state index in [-0.39, 0.29) is 11.5 Å². The number of amides is 1. The molecule has 3 rings (SSSR count). The summed E-state index contributed by atoms with van der Waals surface area (Å²) in [6.45, 7) is 0.700. The molecule has 2 heterocycles. The fraction of sp³-hybridized carbons (Fsp3) is 0.118. The Balaban J connectivity index is 1.88. The number of carbonyl (C=O) groups is 1. The molecule has 0 N–H and O–H groups in total. The van der Waals surface area contributed by atoms with E-state index < -0.39 is 5.82 Å². The highest BCUT2D eigenvalue weighted by molar-refractivity contribution is 9.10. The summed E-state index contributed by atoms with van der Waals surface area (Å²) >= 11 is 4.76. The van der Waals surface area contributed by atoms with Crippen LogP contribution in [0.15, 0.2) is 63.0 Å². The lowest BCUT2D eigenvalue weighted by Gasteiger charge is -2.21. The van der Waals surface area contributed by atoms with E-state index >= 15 is 0 Å². The topological polar surface area (TPSA) is 33.5 Å². The van der Waals surface area contributed by atoms with Crippen molar-refractivity contribution in [3.05, 3.63) is 80.6 Å². The molecule has 0 aliphatic rings. The van der Waals surface area contributed by atoms with Crippen molar-refractivity contribution >= 4 is 33.2 Å². The molecule has 0 bridgehead atoms. The van der Waals surface area contributed by atoms with Crippen LogP contribution in [-0.2, 0) is 13.1 Å². The average Bonchev–Trinajstić information content (AvgIpc) is 3.19. The monoisotopic (exact) mass is 393 g/mol. The first-order chi connectivity index (χ1) is 11.1. The van der Waals surface area contributed by atoms with Crippen molar-refractivity contribution < 1.29 is 13.6 Å². The number of nitrogens with zero attached hydrogens (tertiary/aromatic N) is 1. The summed E-state index contributed by atoms with van der Waals surface area (Å²) in [5.41, 5.74) is 0.0521. The zero-order chi connectivity index (χ0) is 16.2.